The van der Waals surface area contributed by atoms with E-state index in [0.29, 0.717) is 25.9 Å². The van der Waals surface area contributed by atoms with Gasteiger partial charge in [-0.3, -0.25) is 9.59 Å². The topological polar surface area (TPSA) is 95.7 Å². The van der Waals surface area contributed by atoms with Crippen LogP contribution in [0.15, 0.2) is 0 Å². The first-order chi connectivity index (χ1) is 8.41. The van der Waals surface area contributed by atoms with Gasteiger partial charge in [0.1, 0.15) is 0 Å². The largest absolute Gasteiger partial charge is 0.393 e. The molecule has 0 spiro atoms. The zero-order valence-corrected chi connectivity index (χ0v) is 11.1. The molecule has 0 unspecified atom stereocenters. The molecule has 6 nitrogen and oxygen atoms in total. The van der Waals surface area contributed by atoms with Crippen LogP contribution in [0.2, 0.25) is 0 Å². The molecule has 2 amide bonds. The Labute approximate surface area is 108 Å². The van der Waals surface area contributed by atoms with Crippen LogP contribution < -0.4 is 11.1 Å². The molecule has 0 saturated carbocycles. The molecule has 1 aliphatic heterocycles. The van der Waals surface area contributed by atoms with Crippen LogP contribution in [0, 0.1) is 5.92 Å². The van der Waals surface area contributed by atoms with Crippen LogP contribution in [0.1, 0.15) is 26.7 Å². The average Bonchev–Trinajstić information content (AvgIpc) is 2.35. The lowest BCUT2D eigenvalue weighted by Crippen LogP contribution is -2.49. The summed E-state index contributed by atoms with van der Waals surface area (Å²) in [4.78, 5) is 25.0. The number of nitrogens with one attached hydrogen (secondary N) is 1. The lowest BCUT2D eigenvalue weighted by molar-refractivity contribution is -0.135. The van der Waals surface area contributed by atoms with E-state index in [9.17, 15) is 14.7 Å². The van der Waals surface area contributed by atoms with Crippen LogP contribution in [0.3, 0.4) is 0 Å². The zero-order chi connectivity index (χ0) is 13.7. The fourth-order valence-electron chi connectivity index (χ4n) is 1.81. The zero-order valence-electron chi connectivity index (χ0n) is 11.1. The highest BCUT2D eigenvalue weighted by Crippen LogP contribution is 2.09. The van der Waals surface area contributed by atoms with E-state index in [-0.39, 0.29) is 30.4 Å². The predicted molar refractivity (Wildman–Crippen MR) is 67.6 cm³/mol. The smallest absolute Gasteiger partial charge is 0.241 e. The fraction of sp³-hybridized carbons (Fsp3) is 0.833. The quantitative estimate of drug-likeness (QED) is 0.606. The minimum Gasteiger partial charge on any atom is -0.393 e. The van der Waals surface area contributed by atoms with Crippen molar-refractivity contribution in [3.8, 4) is 0 Å². The first-order valence-electron chi connectivity index (χ1n) is 6.41. The maximum Gasteiger partial charge on any atom is 0.241 e. The summed E-state index contributed by atoms with van der Waals surface area (Å²) < 4.78 is 0. The fourth-order valence-corrected chi connectivity index (χ4v) is 1.81. The van der Waals surface area contributed by atoms with Crippen molar-refractivity contribution >= 4 is 11.8 Å². The molecule has 18 heavy (non-hydrogen) atoms. The number of carbonyl (C=O) groups is 2. The highest BCUT2D eigenvalue weighted by molar-refractivity contribution is 5.87. The Balaban J connectivity index is 2.31. The van der Waals surface area contributed by atoms with Crippen molar-refractivity contribution < 1.29 is 14.7 Å². The summed E-state index contributed by atoms with van der Waals surface area (Å²) in [5, 5.41) is 11.9. The second-order valence-electron chi connectivity index (χ2n) is 5.10. The summed E-state index contributed by atoms with van der Waals surface area (Å²) >= 11 is 0. The number of aliphatic hydroxyl groups excluding tert-OH is 1. The van der Waals surface area contributed by atoms with Gasteiger partial charge in [-0.05, 0) is 18.8 Å². The van der Waals surface area contributed by atoms with Gasteiger partial charge in [-0.25, -0.2) is 0 Å². The van der Waals surface area contributed by atoms with Crippen molar-refractivity contribution in [2.45, 2.75) is 38.8 Å². The van der Waals surface area contributed by atoms with E-state index in [1.807, 2.05) is 13.8 Å². The third kappa shape index (κ3) is 4.27. The second-order valence-corrected chi connectivity index (χ2v) is 5.10. The van der Waals surface area contributed by atoms with Gasteiger partial charge in [0.25, 0.3) is 0 Å². The normalized spacial score (nSPS) is 18.8. The third-order valence-corrected chi connectivity index (χ3v) is 3.25. The maximum atomic E-state index is 11.8. The van der Waals surface area contributed by atoms with E-state index in [1.165, 1.54) is 0 Å². The molecule has 1 heterocycles. The van der Waals surface area contributed by atoms with E-state index >= 15 is 0 Å². The van der Waals surface area contributed by atoms with Crippen LogP contribution >= 0.6 is 0 Å². The van der Waals surface area contributed by atoms with Crippen molar-refractivity contribution in [2.75, 3.05) is 19.6 Å². The Bertz CT molecular complexity index is 299. The van der Waals surface area contributed by atoms with Crippen molar-refractivity contribution in [1.82, 2.24) is 10.2 Å². The summed E-state index contributed by atoms with van der Waals surface area (Å²) in [6, 6.07) is -0.582. The Morgan fingerprint density at radius 2 is 1.94 bits per heavy atom. The van der Waals surface area contributed by atoms with E-state index in [0.717, 1.165) is 0 Å². The number of piperidine rings is 1. The first kappa shape index (κ1) is 14.9. The van der Waals surface area contributed by atoms with Gasteiger partial charge in [0.2, 0.25) is 11.8 Å². The minimum absolute atomic E-state index is 0.0185. The molecule has 1 atom stereocenters. The molecular weight excluding hydrogens is 234 g/mol. The van der Waals surface area contributed by atoms with Crippen molar-refractivity contribution in [1.29, 1.82) is 0 Å². The average molecular weight is 257 g/mol. The van der Waals surface area contributed by atoms with E-state index < -0.39 is 6.04 Å². The van der Waals surface area contributed by atoms with Gasteiger partial charge < -0.3 is 21.1 Å². The number of rotatable bonds is 4. The lowest BCUT2D eigenvalue weighted by atomic mass is 10.1. The number of carbonyl (C=O) groups excluding carboxylic acids is 2. The van der Waals surface area contributed by atoms with Gasteiger partial charge in [-0.1, -0.05) is 13.8 Å². The number of aliphatic hydroxyl groups is 1. The molecule has 0 aromatic carbocycles. The molecule has 1 aliphatic rings. The van der Waals surface area contributed by atoms with Crippen molar-refractivity contribution in [3.63, 3.8) is 0 Å². The van der Waals surface area contributed by atoms with Gasteiger partial charge in [0, 0.05) is 13.1 Å². The van der Waals surface area contributed by atoms with Gasteiger partial charge in [-0.2, -0.15) is 0 Å². The Hall–Kier alpha value is -1.14. The van der Waals surface area contributed by atoms with Crippen LogP contribution in [-0.2, 0) is 9.59 Å². The summed E-state index contributed by atoms with van der Waals surface area (Å²) in [6.45, 7) is 4.80. The summed E-state index contributed by atoms with van der Waals surface area (Å²) in [5.74, 6) is -0.369. The molecule has 1 rings (SSSR count). The number of nitrogens with zero attached hydrogens (tertiary/aromatic N) is 1. The van der Waals surface area contributed by atoms with Crippen LogP contribution in [0.5, 0.6) is 0 Å². The van der Waals surface area contributed by atoms with Crippen molar-refractivity contribution in [2.24, 2.45) is 11.7 Å². The van der Waals surface area contributed by atoms with Gasteiger partial charge >= 0.3 is 0 Å². The molecule has 0 bridgehead atoms. The molecule has 6 heteroatoms. The van der Waals surface area contributed by atoms with E-state index in [2.05, 4.69) is 5.32 Å². The molecule has 104 valence electrons. The second kappa shape index (κ2) is 6.70. The predicted octanol–water partition coefficient (Wildman–Crippen LogP) is -0.931. The van der Waals surface area contributed by atoms with E-state index in [4.69, 9.17) is 5.73 Å². The molecule has 0 radical (unpaired) electrons. The molecule has 4 N–H and O–H groups in total. The van der Waals surface area contributed by atoms with Crippen LogP contribution in [0.4, 0.5) is 0 Å². The first-order valence-corrected chi connectivity index (χ1v) is 6.41. The molecule has 1 fully saturated rings. The summed E-state index contributed by atoms with van der Waals surface area (Å²) in [5.41, 5.74) is 5.67. The molecule has 0 aliphatic carbocycles. The number of hydrogen-bond donors (Lipinski definition) is 3. The van der Waals surface area contributed by atoms with Crippen molar-refractivity contribution in [3.05, 3.63) is 0 Å². The summed E-state index contributed by atoms with van der Waals surface area (Å²) in [7, 11) is 0. The standard InChI is InChI=1S/C12H23N3O3/c1-8(2)11(13)12(18)14-7-10(17)15-5-3-9(16)4-6-15/h8-9,11,16H,3-7,13H2,1-2H3,(H,14,18)/t11-/m0/s1. The highest BCUT2D eigenvalue weighted by Gasteiger charge is 2.23. The Kier molecular flexibility index (Phi) is 5.55. The minimum atomic E-state index is -0.582. The van der Waals surface area contributed by atoms with Gasteiger partial charge in [0.05, 0.1) is 18.7 Å². The number of likely N-dealkylation sites (tertiary alicyclic amines) is 1. The number of amides is 2. The molecule has 0 aromatic rings. The number of nitrogens with two attached hydrogens (primary N) is 1. The molecule has 1 saturated heterocycles. The molecular formula is C12H23N3O3. The third-order valence-electron chi connectivity index (χ3n) is 3.25. The Morgan fingerprint density at radius 1 is 1.39 bits per heavy atom. The van der Waals surface area contributed by atoms with Crippen LogP contribution in [-0.4, -0.2) is 53.6 Å². The Morgan fingerprint density at radius 3 is 2.44 bits per heavy atom. The van der Waals surface area contributed by atoms with Crippen LogP contribution in [0.25, 0.3) is 0 Å². The summed E-state index contributed by atoms with van der Waals surface area (Å²) in [6.07, 6.45) is 0.897. The SMILES string of the molecule is CC(C)[C@H](N)C(=O)NCC(=O)N1CCC(O)CC1. The lowest BCUT2D eigenvalue weighted by Gasteiger charge is -2.29. The number of hydrogen-bond acceptors (Lipinski definition) is 4. The maximum absolute atomic E-state index is 11.8. The molecule has 0 aromatic heterocycles. The van der Waals surface area contributed by atoms with Gasteiger partial charge in [0.15, 0.2) is 0 Å². The monoisotopic (exact) mass is 257 g/mol. The highest BCUT2D eigenvalue weighted by atomic mass is 16.3. The van der Waals surface area contributed by atoms with Gasteiger partial charge in [-0.15, -0.1) is 0 Å². The van der Waals surface area contributed by atoms with E-state index in [1.54, 1.807) is 4.90 Å².